The molecule has 1 rings (SSSR count). The van der Waals surface area contributed by atoms with Crippen molar-refractivity contribution in [3.05, 3.63) is 21.9 Å². The van der Waals surface area contributed by atoms with Gasteiger partial charge in [0.25, 0.3) is 5.91 Å². The number of nitrogens with zero attached hydrogens (tertiary/aromatic N) is 1. The fraction of sp³-hybridized carbons (Fsp3) is 0.462. The van der Waals surface area contributed by atoms with E-state index >= 15 is 0 Å². The van der Waals surface area contributed by atoms with Crippen LogP contribution in [0.2, 0.25) is 0 Å². The number of halogens is 3. The van der Waals surface area contributed by atoms with Gasteiger partial charge >= 0.3 is 6.18 Å². The molecule has 21 heavy (non-hydrogen) atoms. The van der Waals surface area contributed by atoms with Crippen LogP contribution in [0.1, 0.15) is 21.0 Å². The van der Waals surface area contributed by atoms with Gasteiger partial charge in [-0.1, -0.05) is 11.8 Å². The lowest BCUT2D eigenvalue weighted by atomic mass is 10.3. The predicted molar refractivity (Wildman–Crippen MR) is 71.9 cm³/mol. The molecule has 0 saturated carbocycles. The van der Waals surface area contributed by atoms with E-state index in [-0.39, 0.29) is 24.4 Å². The number of aliphatic hydroxyl groups is 2. The van der Waals surface area contributed by atoms with Crippen molar-refractivity contribution in [1.82, 2.24) is 4.90 Å². The number of amides is 1. The first-order chi connectivity index (χ1) is 9.87. The van der Waals surface area contributed by atoms with Crippen molar-refractivity contribution in [3.63, 3.8) is 0 Å². The van der Waals surface area contributed by atoms with Gasteiger partial charge in [0.2, 0.25) is 0 Å². The van der Waals surface area contributed by atoms with Crippen LogP contribution in [0, 0.1) is 11.8 Å². The zero-order valence-electron chi connectivity index (χ0n) is 11.0. The summed E-state index contributed by atoms with van der Waals surface area (Å²) >= 11 is 0.976. The summed E-state index contributed by atoms with van der Waals surface area (Å²) < 4.78 is 37.2. The van der Waals surface area contributed by atoms with E-state index in [1.54, 1.807) is 0 Å². The highest BCUT2D eigenvalue weighted by molar-refractivity contribution is 7.14. The molecule has 0 aromatic carbocycles. The van der Waals surface area contributed by atoms with E-state index in [9.17, 15) is 18.0 Å². The third-order valence-corrected chi connectivity index (χ3v) is 3.28. The van der Waals surface area contributed by atoms with E-state index in [1.807, 2.05) is 0 Å². The normalized spacial score (nSPS) is 10.9. The molecule has 0 aliphatic carbocycles. The molecule has 0 atom stereocenters. The molecule has 0 spiro atoms. The van der Waals surface area contributed by atoms with Gasteiger partial charge in [-0.2, -0.15) is 13.2 Å². The Morgan fingerprint density at radius 2 is 2.00 bits per heavy atom. The van der Waals surface area contributed by atoms with Crippen LogP contribution in [-0.4, -0.2) is 53.5 Å². The largest absolute Gasteiger partial charge is 0.406 e. The Bertz CT molecular complexity index is 531. The fourth-order valence-corrected chi connectivity index (χ4v) is 2.32. The molecule has 1 aromatic heterocycles. The molecule has 1 aromatic rings. The Balaban J connectivity index is 2.82. The number of aliphatic hydroxyl groups excluding tert-OH is 2. The van der Waals surface area contributed by atoms with Gasteiger partial charge in [-0.3, -0.25) is 4.79 Å². The van der Waals surface area contributed by atoms with Gasteiger partial charge in [-0.05, 0) is 12.1 Å². The number of carbonyl (C=O) groups excluding carboxylic acids is 1. The second kappa shape index (κ2) is 8.02. The minimum Gasteiger partial charge on any atom is -0.395 e. The average Bonchev–Trinajstić information content (AvgIpc) is 2.85. The first kappa shape index (κ1) is 17.5. The predicted octanol–water partition coefficient (Wildman–Crippen LogP) is 1.48. The van der Waals surface area contributed by atoms with Crippen LogP contribution in [0.15, 0.2) is 12.1 Å². The van der Waals surface area contributed by atoms with Gasteiger partial charge in [0.1, 0.15) is 6.54 Å². The van der Waals surface area contributed by atoms with Crippen molar-refractivity contribution in [1.29, 1.82) is 0 Å². The lowest BCUT2D eigenvalue weighted by Gasteiger charge is -2.22. The minimum absolute atomic E-state index is 0.0833. The van der Waals surface area contributed by atoms with E-state index in [2.05, 4.69) is 11.8 Å². The molecular weight excluding hydrogens is 307 g/mol. The number of thiophene rings is 1. The van der Waals surface area contributed by atoms with Crippen LogP contribution < -0.4 is 0 Å². The molecule has 0 aliphatic rings. The molecule has 8 heteroatoms. The monoisotopic (exact) mass is 321 g/mol. The van der Waals surface area contributed by atoms with Crippen LogP contribution >= 0.6 is 11.3 Å². The third-order valence-electron chi connectivity index (χ3n) is 2.29. The maximum absolute atomic E-state index is 12.4. The van der Waals surface area contributed by atoms with Gasteiger partial charge in [-0.25, -0.2) is 0 Å². The van der Waals surface area contributed by atoms with Gasteiger partial charge in [0, 0.05) is 13.0 Å². The molecule has 2 N–H and O–H groups in total. The number of alkyl halides is 3. The van der Waals surface area contributed by atoms with Crippen molar-refractivity contribution >= 4 is 17.2 Å². The zero-order chi connectivity index (χ0) is 15.9. The van der Waals surface area contributed by atoms with Crippen LogP contribution in [0.5, 0.6) is 0 Å². The summed E-state index contributed by atoms with van der Waals surface area (Å²) in [6.45, 7) is -2.42. The average molecular weight is 321 g/mol. The van der Waals surface area contributed by atoms with E-state index in [0.29, 0.717) is 9.78 Å². The zero-order valence-corrected chi connectivity index (χ0v) is 11.8. The van der Waals surface area contributed by atoms with E-state index in [0.717, 1.165) is 11.3 Å². The molecule has 1 amide bonds. The molecule has 1 heterocycles. The van der Waals surface area contributed by atoms with Crippen LogP contribution in [0.25, 0.3) is 0 Å². The van der Waals surface area contributed by atoms with Crippen molar-refractivity contribution in [2.75, 3.05) is 26.3 Å². The lowest BCUT2D eigenvalue weighted by molar-refractivity contribution is -0.141. The molecule has 0 aliphatic heterocycles. The number of carbonyl (C=O) groups is 1. The minimum atomic E-state index is -4.52. The summed E-state index contributed by atoms with van der Waals surface area (Å²) in [5, 5.41) is 17.4. The summed E-state index contributed by atoms with van der Waals surface area (Å²) in [5.74, 6) is 4.58. The van der Waals surface area contributed by atoms with Gasteiger partial charge in [0.15, 0.2) is 0 Å². The summed E-state index contributed by atoms with van der Waals surface area (Å²) in [7, 11) is 0. The third kappa shape index (κ3) is 6.16. The molecule has 0 bridgehead atoms. The first-order valence-electron chi connectivity index (χ1n) is 6.04. The highest BCUT2D eigenvalue weighted by Gasteiger charge is 2.33. The quantitative estimate of drug-likeness (QED) is 0.808. The number of hydrogen-bond donors (Lipinski definition) is 2. The topological polar surface area (TPSA) is 60.8 Å². The number of rotatable bonds is 5. The molecule has 0 radical (unpaired) electrons. The standard InChI is InChI=1S/C13H14F3NO3S/c14-13(15,16)9-17(6-8-19)12(20)11-5-4-10(21-11)3-1-2-7-18/h4-5,18-19H,2,6-9H2. The molecular formula is C13H14F3NO3S. The maximum atomic E-state index is 12.4. The van der Waals surface area contributed by atoms with Gasteiger partial charge < -0.3 is 15.1 Å². The second-order valence-electron chi connectivity index (χ2n) is 4.00. The Morgan fingerprint density at radius 3 is 2.57 bits per heavy atom. The lowest BCUT2D eigenvalue weighted by Crippen LogP contribution is -2.40. The van der Waals surface area contributed by atoms with Crippen LogP contribution in [0.3, 0.4) is 0 Å². The Kier molecular flexibility index (Phi) is 6.68. The van der Waals surface area contributed by atoms with Gasteiger partial charge in [0.05, 0.1) is 23.0 Å². The highest BCUT2D eigenvalue weighted by atomic mass is 32.1. The van der Waals surface area contributed by atoms with Crippen LogP contribution in [0.4, 0.5) is 13.2 Å². The SMILES string of the molecule is O=C(c1ccc(C#CCCO)s1)N(CCO)CC(F)(F)F. The van der Waals surface area contributed by atoms with Crippen molar-refractivity contribution in [2.24, 2.45) is 0 Å². The molecule has 4 nitrogen and oxygen atoms in total. The van der Waals surface area contributed by atoms with Gasteiger partial charge in [-0.15, -0.1) is 11.3 Å². The number of hydrogen-bond acceptors (Lipinski definition) is 4. The molecule has 0 fully saturated rings. The van der Waals surface area contributed by atoms with Crippen molar-refractivity contribution in [2.45, 2.75) is 12.6 Å². The first-order valence-corrected chi connectivity index (χ1v) is 6.85. The maximum Gasteiger partial charge on any atom is 0.406 e. The highest BCUT2D eigenvalue weighted by Crippen LogP contribution is 2.21. The summed E-state index contributed by atoms with van der Waals surface area (Å²) in [6.07, 6.45) is -4.24. The molecule has 116 valence electrons. The molecule has 0 saturated heterocycles. The summed E-state index contributed by atoms with van der Waals surface area (Å²) in [5.41, 5.74) is 0. The Morgan fingerprint density at radius 1 is 1.29 bits per heavy atom. The van der Waals surface area contributed by atoms with E-state index in [4.69, 9.17) is 10.2 Å². The van der Waals surface area contributed by atoms with E-state index in [1.165, 1.54) is 12.1 Å². The Labute approximate surface area is 123 Å². The van der Waals surface area contributed by atoms with Crippen molar-refractivity contribution in [3.8, 4) is 11.8 Å². The smallest absolute Gasteiger partial charge is 0.395 e. The second-order valence-corrected chi connectivity index (χ2v) is 5.09. The fourth-order valence-electron chi connectivity index (χ4n) is 1.47. The van der Waals surface area contributed by atoms with E-state index < -0.39 is 25.2 Å². The van der Waals surface area contributed by atoms with Crippen LogP contribution in [-0.2, 0) is 0 Å². The molecule has 0 unspecified atom stereocenters. The van der Waals surface area contributed by atoms with Crippen molar-refractivity contribution < 1.29 is 28.2 Å². The summed E-state index contributed by atoms with van der Waals surface area (Å²) in [6, 6.07) is 2.93. The Hall–Kier alpha value is -1.56. The summed E-state index contributed by atoms with van der Waals surface area (Å²) in [4.78, 5) is 13.2.